The molecule has 0 aliphatic heterocycles. The topological polar surface area (TPSA) is 49.9 Å². The highest BCUT2D eigenvalue weighted by Gasteiger charge is 2.08. The lowest BCUT2D eigenvalue weighted by atomic mass is 10.1. The van der Waals surface area contributed by atoms with E-state index in [0.717, 1.165) is 29.4 Å². The Morgan fingerprint density at radius 3 is 2.88 bits per heavy atom. The molecule has 1 heterocycles. The molecule has 17 heavy (non-hydrogen) atoms. The van der Waals surface area contributed by atoms with Gasteiger partial charge < -0.3 is 10.1 Å². The van der Waals surface area contributed by atoms with Gasteiger partial charge in [0.2, 0.25) is 0 Å². The van der Waals surface area contributed by atoms with E-state index in [0.29, 0.717) is 6.61 Å². The van der Waals surface area contributed by atoms with Crippen LogP contribution in [0.5, 0.6) is 5.75 Å². The molecule has 0 bridgehead atoms. The van der Waals surface area contributed by atoms with Gasteiger partial charge in [-0.2, -0.15) is 5.10 Å². The molecule has 0 atom stereocenters. The average Bonchev–Trinajstić information content (AvgIpc) is 2.79. The minimum absolute atomic E-state index is 0.658. The lowest BCUT2D eigenvalue weighted by Gasteiger charge is -2.07. The maximum absolute atomic E-state index is 5.59. The van der Waals surface area contributed by atoms with Gasteiger partial charge in [0.25, 0.3) is 0 Å². The number of nitrogens with one attached hydrogen (secondary N) is 2. The van der Waals surface area contributed by atoms with E-state index in [-0.39, 0.29) is 0 Å². The van der Waals surface area contributed by atoms with Crippen LogP contribution in [0.4, 0.5) is 5.82 Å². The quantitative estimate of drug-likeness (QED) is 0.831. The van der Waals surface area contributed by atoms with Crippen LogP contribution in [-0.4, -0.2) is 23.3 Å². The first-order chi connectivity index (χ1) is 8.35. The average molecular weight is 231 g/mol. The van der Waals surface area contributed by atoms with E-state index in [9.17, 15) is 0 Å². The fraction of sp³-hybridized carbons (Fsp3) is 0.308. The van der Waals surface area contributed by atoms with E-state index < -0.39 is 0 Å². The maximum atomic E-state index is 5.59. The summed E-state index contributed by atoms with van der Waals surface area (Å²) in [5, 5.41) is 10.4. The minimum Gasteiger partial charge on any atom is -0.493 e. The molecule has 0 saturated heterocycles. The molecule has 0 aliphatic rings. The van der Waals surface area contributed by atoms with Crippen molar-refractivity contribution in [3.8, 4) is 17.0 Å². The van der Waals surface area contributed by atoms with Crippen LogP contribution in [0.1, 0.15) is 13.8 Å². The summed E-state index contributed by atoms with van der Waals surface area (Å²) in [4.78, 5) is 0. The van der Waals surface area contributed by atoms with E-state index in [1.165, 1.54) is 0 Å². The van der Waals surface area contributed by atoms with Gasteiger partial charge in [0, 0.05) is 18.2 Å². The molecule has 90 valence electrons. The number of aromatic amines is 1. The van der Waals surface area contributed by atoms with Crippen LogP contribution >= 0.6 is 0 Å². The predicted octanol–water partition coefficient (Wildman–Crippen LogP) is 2.91. The van der Waals surface area contributed by atoms with E-state index in [2.05, 4.69) is 15.5 Å². The number of nitrogens with zero attached hydrogens (tertiary/aromatic N) is 1. The molecule has 1 aromatic carbocycles. The van der Waals surface area contributed by atoms with Crippen molar-refractivity contribution in [1.82, 2.24) is 10.2 Å². The summed E-state index contributed by atoms with van der Waals surface area (Å²) in [6, 6.07) is 9.93. The van der Waals surface area contributed by atoms with Crippen LogP contribution in [0.2, 0.25) is 0 Å². The van der Waals surface area contributed by atoms with Crippen molar-refractivity contribution < 1.29 is 4.74 Å². The number of rotatable bonds is 5. The molecular formula is C13H17N3O. The highest BCUT2D eigenvalue weighted by atomic mass is 16.5. The third-order valence-electron chi connectivity index (χ3n) is 2.41. The Balaban J connectivity index is 2.31. The molecule has 0 amide bonds. The second-order valence-electron chi connectivity index (χ2n) is 3.63. The predicted molar refractivity (Wildman–Crippen MR) is 69.4 cm³/mol. The van der Waals surface area contributed by atoms with Gasteiger partial charge in [-0.05, 0) is 26.0 Å². The van der Waals surface area contributed by atoms with Gasteiger partial charge in [0.05, 0.1) is 12.3 Å². The maximum Gasteiger partial charge on any atom is 0.148 e. The van der Waals surface area contributed by atoms with Gasteiger partial charge in [-0.3, -0.25) is 5.10 Å². The number of benzene rings is 1. The number of para-hydroxylation sites is 1. The zero-order valence-corrected chi connectivity index (χ0v) is 10.2. The standard InChI is InChI=1S/C13H17N3O/c1-3-14-13-9-11(15-16-13)10-7-5-6-8-12(10)17-4-2/h5-9H,3-4H2,1-2H3,(H2,14,15,16). The van der Waals surface area contributed by atoms with Crippen molar-refractivity contribution in [3.63, 3.8) is 0 Å². The number of aromatic nitrogens is 2. The first-order valence-corrected chi connectivity index (χ1v) is 5.86. The lowest BCUT2D eigenvalue weighted by Crippen LogP contribution is -1.95. The van der Waals surface area contributed by atoms with Crippen LogP contribution in [0.25, 0.3) is 11.3 Å². The van der Waals surface area contributed by atoms with Crippen molar-refractivity contribution in [2.24, 2.45) is 0 Å². The minimum atomic E-state index is 0.658. The second kappa shape index (κ2) is 5.39. The molecule has 0 spiro atoms. The van der Waals surface area contributed by atoms with Gasteiger partial charge in [0.15, 0.2) is 0 Å². The van der Waals surface area contributed by atoms with Crippen molar-refractivity contribution in [2.45, 2.75) is 13.8 Å². The summed E-state index contributed by atoms with van der Waals surface area (Å²) >= 11 is 0. The Kier molecular flexibility index (Phi) is 3.65. The number of anilines is 1. The number of hydrogen-bond acceptors (Lipinski definition) is 3. The highest BCUT2D eigenvalue weighted by molar-refractivity contribution is 5.69. The number of H-pyrrole nitrogens is 1. The van der Waals surface area contributed by atoms with E-state index in [1.807, 2.05) is 44.2 Å². The summed E-state index contributed by atoms with van der Waals surface area (Å²) < 4.78 is 5.59. The van der Waals surface area contributed by atoms with E-state index >= 15 is 0 Å². The van der Waals surface area contributed by atoms with Crippen LogP contribution in [0.15, 0.2) is 30.3 Å². The zero-order valence-electron chi connectivity index (χ0n) is 10.2. The third-order valence-corrected chi connectivity index (χ3v) is 2.41. The van der Waals surface area contributed by atoms with Crippen LogP contribution in [0.3, 0.4) is 0 Å². The molecule has 4 nitrogen and oxygen atoms in total. The molecule has 4 heteroatoms. The Hall–Kier alpha value is -1.97. The van der Waals surface area contributed by atoms with Crippen molar-refractivity contribution in [3.05, 3.63) is 30.3 Å². The molecule has 0 fully saturated rings. The molecule has 2 N–H and O–H groups in total. The van der Waals surface area contributed by atoms with E-state index in [4.69, 9.17) is 4.74 Å². The molecule has 2 rings (SSSR count). The smallest absolute Gasteiger partial charge is 0.148 e. The van der Waals surface area contributed by atoms with Crippen LogP contribution < -0.4 is 10.1 Å². The van der Waals surface area contributed by atoms with E-state index in [1.54, 1.807) is 0 Å². The Morgan fingerprint density at radius 2 is 2.12 bits per heavy atom. The normalized spacial score (nSPS) is 10.2. The molecule has 0 radical (unpaired) electrons. The first kappa shape index (κ1) is 11.5. The fourth-order valence-corrected chi connectivity index (χ4v) is 1.70. The Labute approximate surface area is 101 Å². The van der Waals surface area contributed by atoms with Crippen molar-refractivity contribution >= 4 is 5.82 Å². The molecule has 1 aromatic heterocycles. The zero-order chi connectivity index (χ0) is 12.1. The van der Waals surface area contributed by atoms with Gasteiger partial charge >= 0.3 is 0 Å². The van der Waals surface area contributed by atoms with Gasteiger partial charge in [-0.15, -0.1) is 0 Å². The number of ether oxygens (including phenoxy) is 1. The Morgan fingerprint density at radius 1 is 1.29 bits per heavy atom. The van der Waals surface area contributed by atoms with Gasteiger partial charge in [-0.25, -0.2) is 0 Å². The van der Waals surface area contributed by atoms with Crippen LogP contribution in [0, 0.1) is 0 Å². The molecule has 0 aliphatic carbocycles. The fourth-order valence-electron chi connectivity index (χ4n) is 1.70. The number of hydrogen-bond donors (Lipinski definition) is 2. The summed E-state index contributed by atoms with van der Waals surface area (Å²) in [6.07, 6.45) is 0. The van der Waals surface area contributed by atoms with Crippen molar-refractivity contribution in [2.75, 3.05) is 18.5 Å². The molecule has 2 aromatic rings. The molecular weight excluding hydrogens is 214 g/mol. The monoisotopic (exact) mass is 231 g/mol. The molecule has 0 unspecified atom stereocenters. The lowest BCUT2D eigenvalue weighted by molar-refractivity contribution is 0.341. The Bertz CT molecular complexity index is 479. The first-order valence-electron chi connectivity index (χ1n) is 5.86. The second-order valence-corrected chi connectivity index (χ2v) is 3.63. The summed E-state index contributed by atoms with van der Waals surface area (Å²) in [5.74, 6) is 1.73. The summed E-state index contributed by atoms with van der Waals surface area (Å²) in [7, 11) is 0. The summed E-state index contributed by atoms with van der Waals surface area (Å²) in [6.45, 7) is 5.54. The summed E-state index contributed by atoms with van der Waals surface area (Å²) in [5.41, 5.74) is 2.00. The largest absolute Gasteiger partial charge is 0.493 e. The van der Waals surface area contributed by atoms with Gasteiger partial charge in [-0.1, -0.05) is 12.1 Å². The van der Waals surface area contributed by atoms with Gasteiger partial charge in [0.1, 0.15) is 11.6 Å². The third kappa shape index (κ3) is 2.58. The van der Waals surface area contributed by atoms with Crippen LogP contribution in [-0.2, 0) is 0 Å². The van der Waals surface area contributed by atoms with Crippen molar-refractivity contribution in [1.29, 1.82) is 0 Å². The highest BCUT2D eigenvalue weighted by Crippen LogP contribution is 2.29. The SMILES string of the molecule is CCNc1cc(-c2ccccc2OCC)[nH]n1. The molecule has 0 saturated carbocycles.